The predicted molar refractivity (Wildman–Crippen MR) is 76.4 cm³/mol. The average Bonchev–Trinajstić information content (AvgIpc) is 2.48. The van der Waals surface area contributed by atoms with Gasteiger partial charge in [0, 0.05) is 19.1 Å². The molecule has 0 aliphatic carbocycles. The van der Waals surface area contributed by atoms with Crippen LogP contribution < -0.4 is 9.47 Å². The number of phenols is 1. The SMILES string of the molecule is COCOc1ccccc1Cc1cccc(OC)c1O. The second-order valence-electron chi connectivity index (χ2n) is 4.30. The number of hydrogen-bond acceptors (Lipinski definition) is 4. The highest BCUT2D eigenvalue weighted by Gasteiger charge is 2.10. The molecule has 0 heterocycles. The summed E-state index contributed by atoms with van der Waals surface area (Å²) in [4.78, 5) is 0. The molecular formula is C16H18O4. The zero-order valence-corrected chi connectivity index (χ0v) is 11.6. The van der Waals surface area contributed by atoms with Gasteiger partial charge in [-0.1, -0.05) is 30.3 Å². The van der Waals surface area contributed by atoms with Crippen molar-refractivity contribution >= 4 is 0 Å². The van der Waals surface area contributed by atoms with Crippen LogP contribution in [-0.2, 0) is 11.2 Å². The van der Waals surface area contributed by atoms with Crippen molar-refractivity contribution in [3.05, 3.63) is 53.6 Å². The van der Waals surface area contributed by atoms with Gasteiger partial charge in [-0.2, -0.15) is 0 Å². The molecule has 0 saturated heterocycles. The third kappa shape index (κ3) is 3.22. The van der Waals surface area contributed by atoms with E-state index in [0.29, 0.717) is 12.2 Å². The second-order valence-corrected chi connectivity index (χ2v) is 4.30. The lowest BCUT2D eigenvalue weighted by atomic mass is 10.0. The maximum atomic E-state index is 10.1. The number of para-hydroxylation sites is 2. The summed E-state index contributed by atoms with van der Waals surface area (Å²) in [6.45, 7) is 0.196. The normalized spacial score (nSPS) is 10.3. The molecule has 0 aromatic heterocycles. The Bertz CT molecular complexity index is 566. The minimum Gasteiger partial charge on any atom is -0.504 e. The van der Waals surface area contributed by atoms with E-state index in [1.807, 2.05) is 36.4 Å². The van der Waals surface area contributed by atoms with E-state index in [9.17, 15) is 5.11 Å². The molecule has 1 N–H and O–H groups in total. The third-order valence-corrected chi connectivity index (χ3v) is 2.99. The van der Waals surface area contributed by atoms with Crippen LogP contribution in [0.2, 0.25) is 0 Å². The quantitative estimate of drug-likeness (QED) is 0.823. The summed E-state index contributed by atoms with van der Waals surface area (Å²) >= 11 is 0. The topological polar surface area (TPSA) is 47.9 Å². The van der Waals surface area contributed by atoms with Gasteiger partial charge in [-0.25, -0.2) is 0 Å². The van der Waals surface area contributed by atoms with Crippen LogP contribution in [0.25, 0.3) is 0 Å². The Morgan fingerprint density at radius 2 is 1.60 bits per heavy atom. The van der Waals surface area contributed by atoms with Crippen LogP contribution in [0.15, 0.2) is 42.5 Å². The van der Waals surface area contributed by atoms with Gasteiger partial charge in [-0.15, -0.1) is 0 Å². The average molecular weight is 274 g/mol. The molecule has 2 rings (SSSR count). The van der Waals surface area contributed by atoms with Crippen LogP contribution in [0.5, 0.6) is 17.2 Å². The van der Waals surface area contributed by atoms with Crippen molar-refractivity contribution in [2.45, 2.75) is 6.42 Å². The lowest BCUT2D eigenvalue weighted by Crippen LogP contribution is -2.02. The van der Waals surface area contributed by atoms with Crippen molar-refractivity contribution in [1.82, 2.24) is 0 Å². The minimum absolute atomic E-state index is 0.163. The van der Waals surface area contributed by atoms with Crippen LogP contribution >= 0.6 is 0 Å². The van der Waals surface area contributed by atoms with Gasteiger partial charge >= 0.3 is 0 Å². The molecule has 0 aliphatic heterocycles. The molecule has 4 nitrogen and oxygen atoms in total. The Morgan fingerprint density at radius 3 is 2.35 bits per heavy atom. The zero-order valence-electron chi connectivity index (χ0n) is 11.6. The molecule has 106 valence electrons. The highest BCUT2D eigenvalue weighted by atomic mass is 16.7. The molecule has 20 heavy (non-hydrogen) atoms. The van der Waals surface area contributed by atoms with Gasteiger partial charge in [0.2, 0.25) is 0 Å². The maximum absolute atomic E-state index is 10.1. The van der Waals surface area contributed by atoms with E-state index in [4.69, 9.17) is 14.2 Å². The van der Waals surface area contributed by atoms with E-state index in [1.54, 1.807) is 13.2 Å². The largest absolute Gasteiger partial charge is 0.504 e. The molecule has 0 unspecified atom stereocenters. The first-order valence-corrected chi connectivity index (χ1v) is 6.30. The van der Waals surface area contributed by atoms with Crippen molar-refractivity contribution < 1.29 is 19.3 Å². The summed E-state index contributed by atoms with van der Waals surface area (Å²) in [5, 5.41) is 10.1. The number of ether oxygens (including phenoxy) is 3. The number of phenolic OH excluding ortho intramolecular Hbond substituents is 1. The summed E-state index contributed by atoms with van der Waals surface area (Å²) < 4.78 is 15.6. The number of methoxy groups -OCH3 is 2. The van der Waals surface area contributed by atoms with Gasteiger partial charge in [0.1, 0.15) is 5.75 Å². The van der Waals surface area contributed by atoms with Crippen LogP contribution in [-0.4, -0.2) is 26.1 Å². The molecule has 0 atom stereocenters. The van der Waals surface area contributed by atoms with E-state index in [2.05, 4.69) is 0 Å². The minimum atomic E-state index is 0.163. The van der Waals surface area contributed by atoms with Gasteiger partial charge in [-0.3, -0.25) is 0 Å². The highest BCUT2D eigenvalue weighted by molar-refractivity contribution is 5.48. The zero-order chi connectivity index (χ0) is 14.4. The van der Waals surface area contributed by atoms with Gasteiger partial charge in [-0.05, 0) is 17.7 Å². The Balaban J connectivity index is 2.26. The van der Waals surface area contributed by atoms with Crippen molar-refractivity contribution in [1.29, 1.82) is 0 Å². The summed E-state index contributed by atoms with van der Waals surface area (Å²) in [5.74, 6) is 1.38. The van der Waals surface area contributed by atoms with E-state index in [0.717, 1.165) is 16.9 Å². The molecule has 0 saturated carbocycles. The van der Waals surface area contributed by atoms with Crippen LogP contribution in [0.4, 0.5) is 0 Å². The number of rotatable bonds is 6. The molecule has 2 aromatic carbocycles. The first-order chi connectivity index (χ1) is 9.76. The first kappa shape index (κ1) is 14.2. The Kier molecular flexibility index (Phi) is 4.85. The molecule has 4 heteroatoms. The van der Waals surface area contributed by atoms with Gasteiger partial charge in [0.05, 0.1) is 7.11 Å². The highest BCUT2D eigenvalue weighted by Crippen LogP contribution is 2.32. The van der Waals surface area contributed by atoms with Crippen LogP contribution in [0, 0.1) is 0 Å². The lowest BCUT2D eigenvalue weighted by molar-refractivity contribution is 0.0505. The van der Waals surface area contributed by atoms with Gasteiger partial charge < -0.3 is 19.3 Å². The third-order valence-electron chi connectivity index (χ3n) is 2.99. The molecule has 0 aliphatic rings. The van der Waals surface area contributed by atoms with Crippen molar-refractivity contribution in [2.75, 3.05) is 21.0 Å². The molecule has 2 aromatic rings. The summed E-state index contributed by atoms with van der Waals surface area (Å²) in [6.07, 6.45) is 0.558. The van der Waals surface area contributed by atoms with Crippen molar-refractivity contribution in [3.8, 4) is 17.2 Å². The van der Waals surface area contributed by atoms with E-state index >= 15 is 0 Å². The fourth-order valence-corrected chi connectivity index (χ4v) is 1.99. The fourth-order valence-electron chi connectivity index (χ4n) is 1.99. The Hall–Kier alpha value is -2.20. The predicted octanol–water partition coefficient (Wildman–Crippen LogP) is 2.97. The number of aromatic hydroxyl groups is 1. The molecular weight excluding hydrogens is 256 g/mol. The van der Waals surface area contributed by atoms with Crippen LogP contribution in [0.3, 0.4) is 0 Å². The Labute approximate surface area is 118 Å². The van der Waals surface area contributed by atoms with Crippen molar-refractivity contribution in [3.63, 3.8) is 0 Å². The summed E-state index contributed by atoms with van der Waals surface area (Å²) in [7, 11) is 3.12. The molecule has 0 amide bonds. The van der Waals surface area contributed by atoms with E-state index in [1.165, 1.54) is 7.11 Å². The number of benzene rings is 2. The van der Waals surface area contributed by atoms with Crippen molar-refractivity contribution in [2.24, 2.45) is 0 Å². The summed E-state index contributed by atoms with van der Waals surface area (Å²) in [6, 6.07) is 13.1. The van der Waals surface area contributed by atoms with E-state index < -0.39 is 0 Å². The van der Waals surface area contributed by atoms with Gasteiger partial charge in [0.25, 0.3) is 0 Å². The number of hydrogen-bond donors (Lipinski definition) is 1. The molecule has 0 fully saturated rings. The first-order valence-electron chi connectivity index (χ1n) is 6.30. The van der Waals surface area contributed by atoms with E-state index in [-0.39, 0.29) is 12.5 Å². The molecule has 0 spiro atoms. The van der Waals surface area contributed by atoms with Crippen LogP contribution in [0.1, 0.15) is 11.1 Å². The Morgan fingerprint density at radius 1 is 0.900 bits per heavy atom. The lowest BCUT2D eigenvalue weighted by Gasteiger charge is -2.12. The maximum Gasteiger partial charge on any atom is 0.188 e. The summed E-state index contributed by atoms with van der Waals surface area (Å²) in [5.41, 5.74) is 1.77. The fraction of sp³-hybridized carbons (Fsp3) is 0.250. The second kappa shape index (κ2) is 6.82. The molecule has 0 radical (unpaired) electrons. The molecule has 0 bridgehead atoms. The standard InChI is InChI=1S/C16H18O4/c1-18-11-20-14-8-4-3-6-12(14)10-13-7-5-9-15(19-2)16(13)17/h3-9,17H,10-11H2,1-2H3. The monoisotopic (exact) mass is 274 g/mol. The smallest absolute Gasteiger partial charge is 0.188 e. The van der Waals surface area contributed by atoms with Gasteiger partial charge in [0.15, 0.2) is 18.3 Å².